The lowest BCUT2D eigenvalue weighted by Gasteiger charge is -2.27. The average molecular weight is 296 g/mol. The Balaban J connectivity index is 2.54. The van der Waals surface area contributed by atoms with Gasteiger partial charge in [0.1, 0.15) is 5.82 Å². The summed E-state index contributed by atoms with van der Waals surface area (Å²) in [6.07, 6.45) is 0.420. The van der Waals surface area contributed by atoms with Crippen LogP contribution in [-0.4, -0.2) is 34.6 Å². The fourth-order valence-corrected chi connectivity index (χ4v) is 1.81. The Hall–Kier alpha value is -2.11. The highest BCUT2D eigenvalue weighted by Crippen LogP contribution is 2.10. The third-order valence-corrected chi connectivity index (χ3v) is 2.99. The van der Waals surface area contributed by atoms with E-state index in [4.69, 9.17) is 5.11 Å². The van der Waals surface area contributed by atoms with Crippen LogP contribution >= 0.6 is 0 Å². The summed E-state index contributed by atoms with van der Waals surface area (Å²) in [7, 11) is 0. The zero-order valence-electron chi connectivity index (χ0n) is 12.3. The molecule has 6 heteroatoms. The van der Waals surface area contributed by atoms with E-state index < -0.39 is 5.97 Å². The van der Waals surface area contributed by atoms with Crippen molar-refractivity contribution in [3.8, 4) is 0 Å². The van der Waals surface area contributed by atoms with Gasteiger partial charge < -0.3 is 15.3 Å². The first-order valence-electron chi connectivity index (χ1n) is 6.91. The topological polar surface area (TPSA) is 69.6 Å². The lowest BCUT2D eigenvalue weighted by atomic mass is 10.2. The monoisotopic (exact) mass is 296 g/mol. The smallest absolute Gasteiger partial charge is 0.317 e. The van der Waals surface area contributed by atoms with Crippen LogP contribution in [0.5, 0.6) is 0 Å². The number of amides is 2. The number of benzene rings is 1. The molecule has 0 unspecified atom stereocenters. The third kappa shape index (κ3) is 6.25. The minimum Gasteiger partial charge on any atom is -0.481 e. The molecule has 116 valence electrons. The molecule has 21 heavy (non-hydrogen) atoms. The van der Waals surface area contributed by atoms with E-state index >= 15 is 0 Å². The maximum absolute atomic E-state index is 12.9. The minimum atomic E-state index is -0.878. The number of carbonyl (C=O) groups excluding carboxylic acids is 1. The molecule has 0 spiro atoms. The second kappa shape index (κ2) is 8.24. The number of rotatable bonds is 7. The van der Waals surface area contributed by atoms with E-state index in [0.717, 1.165) is 5.56 Å². The average Bonchev–Trinajstić information content (AvgIpc) is 2.42. The molecule has 1 aromatic rings. The molecule has 2 N–H and O–H groups in total. The van der Waals surface area contributed by atoms with Crippen LogP contribution in [-0.2, 0) is 11.3 Å². The van der Waals surface area contributed by atoms with Crippen molar-refractivity contribution in [3.63, 3.8) is 0 Å². The second-order valence-electron chi connectivity index (χ2n) is 5.08. The Morgan fingerprint density at radius 3 is 2.43 bits per heavy atom. The maximum Gasteiger partial charge on any atom is 0.317 e. The Bertz CT molecular complexity index is 474. The highest BCUT2D eigenvalue weighted by Gasteiger charge is 2.16. The highest BCUT2D eigenvalue weighted by molar-refractivity contribution is 5.74. The number of nitrogens with zero attached hydrogens (tertiary/aromatic N) is 1. The van der Waals surface area contributed by atoms with Gasteiger partial charge >= 0.3 is 12.0 Å². The summed E-state index contributed by atoms with van der Waals surface area (Å²) in [5, 5.41) is 11.2. The molecule has 0 saturated carbocycles. The molecule has 0 radical (unpaired) electrons. The minimum absolute atomic E-state index is 0.0190. The molecule has 0 aliphatic carbocycles. The van der Waals surface area contributed by atoms with Crippen LogP contribution in [0.3, 0.4) is 0 Å². The van der Waals surface area contributed by atoms with Crippen molar-refractivity contribution in [2.24, 2.45) is 0 Å². The van der Waals surface area contributed by atoms with E-state index in [9.17, 15) is 14.0 Å². The summed E-state index contributed by atoms with van der Waals surface area (Å²) in [6, 6.07) is 5.73. The van der Waals surface area contributed by atoms with Gasteiger partial charge in [0, 0.05) is 25.6 Å². The Morgan fingerprint density at radius 1 is 1.29 bits per heavy atom. The van der Waals surface area contributed by atoms with Crippen LogP contribution in [0, 0.1) is 5.82 Å². The lowest BCUT2D eigenvalue weighted by Crippen LogP contribution is -2.43. The van der Waals surface area contributed by atoms with E-state index in [1.807, 2.05) is 13.8 Å². The molecule has 0 aliphatic rings. The van der Waals surface area contributed by atoms with Gasteiger partial charge in [-0.2, -0.15) is 0 Å². The molecule has 1 rings (SSSR count). The molecule has 5 nitrogen and oxygen atoms in total. The number of halogens is 1. The Labute approximate surface area is 123 Å². The number of nitrogens with one attached hydrogen (secondary N) is 1. The molecule has 0 saturated heterocycles. The molecule has 2 amide bonds. The van der Waals surface area contributed by atoms with E-state index in [1.165, 1.54) is 12.1 Å². The van der Waals surface area contributed by atoms with E-state index in [0.29, 0.717) is 19.5 Å². The predicted octanol–water partition coefficient (Wildman–Crippen LogP) is 2.61. The SMILES string of the molecule is CC(C)N(Cc1ccc(F)cc1)C(=O)NCCCC(=O)O. The number of carboxylic acids is 1. The summed E-state index contributed by atoms with van der Waals surface area (Å²) < 4.78 is 12.9. The fourth-order valence-electron chi connectivity index (χ4n) is 1.81. The van der Waals surface area contributed by atoms with Crippen LogP contribution in [0.15, 0.2) is 24.3 Å². The number of hydrogen-bond donors (Lipinski definition) is 2. The van der Waals surface area contributed by atoms with Gasteiger partial charge in [-0.25, -0.2) is 9.18 Å². The Morgan fingerprint density at radius 2 is 1.90 bits per heavy atom. The van der Waals surface area contributed by atoms with Gasteiger partial charge in [0.05, 0.1) is 0 Å². The highest BCUT2D eigenvalue weighted by atomic mass is 19.1. The molecular weight excluding hydrogens is 275 g/mol. The first-order chi connectivity index (χ1) is 9.90. The molecule has 0 aliphatic heterocycles. The van der Waals surface area contributed by atoms with Gasteiger partial charge in [0.25, 0.3) is 0 Å². The summed E-state index contributed by atoms with van der Waals surface area (Å²) in [4.78, 5) is 24.1. The normalized spacial score (nSPS) is 10.5. The summed E-state index contributed by atoms with van der Waals surface area (Å²) in [5.74, 6) is -1.19. The van der Waals surface area contributed by atoms with Crippen molar-refractivity contribution in [3.05, 3.63) is 35.6 Å². The van der Waals surface area contributed by atoms with Crippen LogP contribution in [0.2, 0.25) is 0 Å². The fraction of sp³-hybridized carbons (Fsp3) is 0.467. The van der Waals surface area contributed by atoms with Gasteiger partial charge in [-0.05, 0) is 38.0 Å². The van der Waals surface area contributed by atoms with E-state index in [2.05, 4.69) is 5.32 Å². The van der Waals surface area contributed by atoms with Crippen molar-refractivity contribution in [1.82, 2.24) is 10.2 Å². The first-order valence-corrected chi connectivity index (χ1v) is 6.91. The number of carboxylic acid groups (broad SMARTS) is 1. The molecule has 0 atom stereocenters. The van der Waals surface area contributed by atoms with E-state index in [1.54, 1.807) is 17.0 Å². The number of aliphatic carboxylic acids is 1. The van der Waals surface area contributed by atoms with Gasteiger partial charge in [-0.1, -0.05) is 12.1 Å². The summed E-state index contributed by atoms with van der Waals surface area (Å²) >= 11 is 0. The largest absolute Gasteiger partial charge is 0.481 e. The van der Waals surface area contributed by atoms with Gasteiger partial charge in [0.2, 0.25) is 0 Å². The van der Waals surface area contributed by atoms with Crippen LogP contribution < -0.4 is 5.32 Å². The maximum atomic E-state index is 12.9. The summed E-state index contributed by atoms with van der Waals surface area (Å²) in [6.45, 7) is 4.47. The zero-order chi connectivity index (χ0) is 15.8. The van der Waals surface area contributed by atoms with Crippen molar-refractivity contribution < 1.29 is 19.1 Å². The van der Waals surface area contributed by atoms with Crippen LogP contribution in [0.4, 0.5) is 9.18 Å². The van der Waals surface area contributed by atoms with Gasteiger partial charge in [-0.3, -0.25) is 4.79 Å². The summed E-state index contributed by atoms with van der Waals surface area (Å²) in [5.41, 5.74) is 0.839. The molecule has 0 bridgehead atoms. The molecular formula is C15H21FN2O3. The molecule has 1 aromatic carbocycles. The van der Waals surface area contributed by atoms with Crippen molar-refractivity contribution >= 4 is 12.0 Å². The predicted molar refractivity (Wildman–Crippen MR) is 77.3 cm³/mol. The number of carbonyl (C=O) groups is 2. The standard InChI is InChI=1S/C15H21FN2O3/c1-11(2)18(10-12-5-7-13(16)8-6-12)15(21)17-9-3-4-14(19)20/h5-8,11H,3-4,9-10H2,1-2H3,(H,17,21)(H,19,20). The quantitative estimate of drug-likeness (QED) is 0.760. The van der Waals surface area contributed by atoms with Gasteiger partial charge in [-0.15, -0.1) is 0 Å². The Kier molecular flexibility index (Phi) is 6.65. The van der Waals surface area contributed by atoms with Crippen molar-refractivity contribution in [2.45, 2.75) is 39.3 Å². The van der Waals surface area contributed by atoms with Crippen molar-refractivity contribution in [1.29, 1.82) is 0 Å². The van der Waals surface area contributed by atoms with Crippen molar-refractivity contribution in [2.75, 3.05) is 6.54 Å². The third-order valence-electron chi connectivity index (χ3n) is 2.99. The number of urea groups is 1. The zero-order valence-corrected chi connectivity index (χ0v) is 12.3. The molecule has 0 fully saturated rings. The first kappa shape index (κ1) is 16.9. The molecule has 0 aromatic heterocycles. The van der Waals surface area contributed by atoms with Crippen LogP contribution in [0.25, 0.3) is 0 Å². The number of hydrogen-bond acceptors (Lipinski definition) is 2. The van der Waals surface area contributed by atoms with Gasteiger partial charge in [0.15, 0.2) is 0 Å². The molecule has 0 heterocycles. The van der Waals surface area contributed by atoms with Crippen LogP contribution in [0.1, 0.15) is 32.3 Å². The van der Waals surface area contributed by atoms with E-state index in [-0.39, 0.29) is 24.3 Å². The second-order valence-corrected chi connectivity index (χ2v) is 5.08. The lowest BCUT2D eigenvalue weighted by molar-refractivity contribution is -0.137.